The molecule has 0 aromatic heterocycles. The molecule has 1 saturated carbocycles. The normalized spacial score (nSPS) is 17.4. The van der Waals surface area contributed by atoms with Crippen LogP contribution in [0.25, 0.3) is 0 Å². The molecule has 0 bridgehead atoms. The van der Waals surface area contributed by atoms with Gasteiger partial charge in [-0.1, -0.05) is 0 Å². The van der Waals surface area contributed by atoms with Crippen molar-refractivity contribution in [1.29, 1.82) is 5.26 Å². The molecule has 2 heteroatoms. The van der Waals surface area contributed by atoms with Crippen LogP contribution >= 0.6 is 0 Å². The third-order valence-corrected chi connectivity index (χ3v) is 2.59. The summed E-state index contributed by atoms with van der Waals surface area (Å²) in [6.07, 6.45) is 10.1. The van der Waals surface area contributed by atoms with E-state index in [2.05, 4.69) is 17.3 Å². The van der Waals surface area contributed by atoms with Crippen LogP contribution < -0.4 is 5.32 Å². The van der Waals surface area contributed by atoms with E-state index in [9.17, 15) is 0 Å². The summed E-state index contributed by atoms with van der Waals surface area (Å²) in [5.41, 5.74) is 0.324. The molecule has 0 aromatic carbocycles. The fourth-order valence-corrected chi connectivity index (χ4v) is 1.43. The number of hydrogen-bond donors (Lipinski definition) is 1. The number of nitriles is 1. The first-order chi connectivity index (χ1) is 6.33. The lowest BCUT2D eigenvalue weighted by Gasteiger charge is -2.11. The topological polar surface area (TPSA) is 35.8 Å². The van der Waals surface area contributed by atoms with Gasteiger partial charge in [-0.25, -0.2) is 0 Å². The van der Waals surface area contributed by atoms with Gasteiger partial charge in [0.15, 0.2) is 0 Å². The molecule has 0 aliphatic heterocycles. The lowest BCUT2D eigenvalue weighted by molar-refractivity contribution is 0.465. The molecule has 0 saturated heterocycles. The number of terminal acetylenes is 1. The summed E-state index contributed by atoms with van der Waals surface area (Å²) in [4.78, 5) is 0. The van der Waals surface area contributed by atoms with Crippen LogP contribution in [0, 0.1) is 29.1 Å². The summed E-state index contributed by atoms with van der Waals surface area (Å²) >= 11 is 0. The largest absolute Gasteiger partial charge is 0.316 e. The molecule has 1 fully saturated rings. The summed E-state index contributed by atoms with van der Waals surface area (Å²) in [6.45, 7) is 1.97. The minimum Gasteiger partial charge on any atom is -0.316 e. The summed E-state index contributed by atoms with van der Waals surface area (Å²) in [5.74, 6) is 2.61. The third kappa shape index (κ3) is 3.49. The van der Waals surface area contributed by atoms with Crippen LogP contribution in [-0.2, 0) is 0 Å². The average molecular weight is 176 g/mol. The Labute approximate surface area is 80.3 Å². The van der Waals surface area contributed by atoms with Gasteiger partial charge in [0.05, 0.1) is 6.07 Å². The Kier molecular flexibility index (Phi) is 3.80. The van der Waals surface area contributed by atoms with Gasteiger partial charge in [0, 0.05) is 19.4 Å². The number of hydrogen-bond acceptors (Lipinski definition) is 2. The van der Waals surface area contributed by atoms with Crippen LogP contribution in [0.15, 0.2) is 0 Å². The molecule has 0 unspecified atom stereocenters. The van der Waals surface area contributed by atoms with Crippen LogP contribution in [0.5, 0.6) is 0 Å². The molecular weight excluding hydrogens is 160 g/mol. The smallest absolute Gasteiger partial charge is 0.0628 e. The number of nitrogens with zero attached hydrogens (tertiary/aromatic N) is 1. The summed E-state index contributed by atoms with van der Waals surface area (Å²) in [6, 6.07) is 2.25. The van der Waals surface area contributed by atoms with Crippen molar-refractivity contribution in [2.75, 3.05) is 13.1 Å². The second-order valence-corrected chi connectivity index (χ2v) is 3.82. The van der Waals surface area contributed by atoms with Crippen LogP contribution in [0.3, 0.4) is 0 Å². The number of nitrogens with one attached hydrogen (secondary N) is 1. The Morgan fingerprint density at radius 1 is 1.46 bits per heavy atom. The van der Waals surface area contributed by atoms with E-state index in [1.165, 1.54) is 12.8 Å². The van der Waals surface area contributed by atoms with Crippen LogP contribution in [0.2, 0.25) is 0 Å². The average Bonchev–Trinajstić information content (AvgIpc) is 2.86. The Morgan fingerprint density at radius 3 is 2.77 bits per heavy atom. The second-order valence-electron chi connectivity index (χ2n) is 3.82. The zero-order valence-corrected chi connectivity index (χ0v) is 7.97. The molecule has 70 valence electrons. The lowest BCUT2D eigenvalue weighted by Crippen LogP contribution is -2.24. The van der Waals surface area contributed by atoms with Gasteiger partial charge in [-0.15, -0.1) is 12.3 Å². The standard InChI is InChI=1S/C11H16N2/c1-2-3-4-9-13-10-11(5-6-11)7-8-12/h1,13H,3-7,9-10H2. The zero-order chi connectivity index (χ0) is 9.57. The van der Waals surface area contributed by atoms with Gasteiger partial charge in [-0.3, -0.25) is 0 Å². The van der Waals surface area contributed by atoms with E-state index in [1.807, 2.05) is 0 Å². The highest BCUT2D eigenvalue weighted by Gasteiger charge is 2.41. The fourth-order valence-electron chi connectivity index (χ4n) is 1.43. The quantitative estimate of drug-likeness (QED) is 0.493. The number of unbranched alkanes of at least 4 members (excludes halogenated alkanes) is 1. The van der Waals surface area contributed by atoms with Crippen molar-refractivity contribution in [3.8, 4) is 18.4 Å². The maximum absolute atomic E-state index is 8.58. The van der Waals surface area contributed by atoms with Crippen LogP contribution in [-0.4, -0.2) is 13.1 Å². The van der Waals surface area contributed by atoms with E-state index >= 15 is 0 Å². The first-order valence-electron chi connectivity index (χ1n) is 4.84. The maximum atomic E-state index is 8.58. The van der Waals surface area contributed by atoms with Gasteiger partial charge in [0.1, 0.15) is 0 Å². The van der Waals surface area contributed by atoms with E-state index in [4.69, 9.17) is 11.7 Å². The van der Waals surface area contributed by atoms with Gasteiger partial charge < -0.3 is 5.32 Å². The van der Waals surface area contributed by atoms with Gasteiger partial charge in [0.25, 0.3) is 0 Å². The predicted molar refractivity (Wildman–Crippen MR) is 52.8 cm³/mol. The molecule has 1 rings (SSSR count). The van der Waals surface area contributed by atoms with Crippen molar-refractivity contribution >= 4 is 0 Å². The highest BCUT2D eigenvalue weighted by atomic mass is 14.9. The van der Waals surface area contributed by atoms with Crippen molar-refractivity contribution in [2.24, 2.45) is 5.41 Å². The molecule has 0 aromatic rings. The third-order valence-electron chi connectivity index (χ3n) is 2.59. The predicted octanol–water partition coefficient (Wildman–Crippen LogP) is 1.68. The van der Waals surface area contributed by atoms with E-state index in [0.29, 0.717) is 11.8 Å². The Hall–Kier alpha value is -0.990. The molecule has 1 aliphatic rings. The van der Waals surface area contributed by atoms with Gasteiger partial charge >= 0.3 is 0 Å². The SMILES string of the molecule is C#CCCCNCC1(CC#N)CC1. The Balaban J connectivity index is 2.00. The van der Waals surface area contributed by atoms with E-state index in [-0.39, 0.29) is 0 Å². The first kappa shape index (κ1) is 10.1. The zero-order valence-electron chi connectivity index (χ0n) is 7.97. The number of rotatable bonds is 6. The molecule has 1 N–H and O–H groups in total. The lowest BCUT2D eigenvalue weighted by atomic mass is 10.0. The van der Waals surface area contributed by atoms with Crippen LogP contribution in [0.4, 0.5) is 0 Å². The van der Waals surface area contributed by atoms with E-state index in [1.54, 1.807) is 0 Å². The van der Waals surface area contributed by atoms with Crippen molar-refractivity contribution in [2.45, 2.75) is 32.1 Å². The van der Waals surface area contributed by atoms with Crippen molar-refractivity contribution in [3.63, 3.8) is 0 Å². The summed E-state index contributed by atoms with van der Waals surface area (Å²) in [5, 5.41) is 11.9. The van der Waals surface area contributed by atoms with Crippen molar-refractivity contribution in [3.05, 3.63) is 0 Å². The van der Waals surface area contributed by atoms with Gasteiger partial charge in [0.2, 0.25) is 0 Å². The van der Waals surface area contributed by atoms with Gasteiger partial charge in [-0.2, -0.15) is 5.26 Å². The monoisotopic (exact) mass is 176 g/mol. The molecular formula is C11H16N2. The van der Waals surface area contributed by atoms with Crippen molar-refractivity contribution < 1.29 is 0 Å². The van der Waals surface area contributed by atoms with Crippen molar-refractivity contribution in [1.82, 2.24) is 5.32 Å². The highest BCUT2D eigenvalue weighted by molar-refractivity contribution is 5.00. The molecule has 1 aliphatic carbocycles. The summed E-state index contributed by atoms with van der Waals surface area (Å²) < 4.78 is 0. The van der Waals surface area contributed by atoms with Crippen LogP contribution in [0.1, 0.15) is 32.1 Å². The molecule has 2 nitrogen and oxygen atoms in total. The molecule has 0 atom stereocenters. The van der Waals surface area contributed by atoms with E-state index < -0.39 is 0 Å². The molecule has 0 radical (unpaired) electrons. The second kappa shape index (κ2) is 4.90. The van der Waals surface area contributed by atoms with E-state index in [0.717, 1.165) is 25.9 Å². The van der Waals surface area contributed by atoms with Gasteiger partial charge in [-0.05, 0) is 31.2 Å². The summed E-state index contributed by atoms with van der Waals surface area (Å²) in [7, 11) is 0. The molecule has 13 heavy (non-hydrogen) atoms. The minimum atomic E-state index is 0.324. The first-order valence-corrected chi connectivity index (χ1v) is 4.84. The maximum Gasteiger partial charge on any atom is 0.0628 e. The minimum absolute atomic E-state index is 0.324. The Morgan fingerprint density at radius 2 is 2.23 bits per heavy atom. The fraction of sp³-hybridized carbons (Fsp3) is 0.727. The molecule has 0 amide bonds. The Bertz CT molecular complexity index is 227. The highest BCUT2D eigenvalue weighted by Crippen LogP contribution is 2.47. The molecule has 0 heterocycles. The molecule has 0 spiro atoms.